The van der Waals surface area contributed by atoms with Crippen LogP contribution >= 0.6 is 0 Å². The summed E-state index contributed by atoms with van der Waals surface area (Å²) in [4.78, 5) is 29.5. The number of amides is 2. The molecule has 0 aromatic heterocycles. The fourth-order valence-corrected chi connectivity index (χ4v) is 3.84. The first-order valence-electron chi connectivity index (χ1n) is 9.38. The highest BCUT2D eigenvalue weighted by Crippen LogP contribution is 2.31. The monoisotopic (exact) mass is 343 g/mol. The number of nitrogens with one attached hydrogen (secondary N) is 1. The first-order chi connectivity index (χ1) is 12.0. The molecule has 5 heteroatoms. The standard InChI is InChI=1S/C20H29N3O2/c1-15-5-3-4-6-18(15)21-19(24)16-7-9-17(10-8-16)20(25)23-13-11-22(2)12-14-23/h3-6,16-17H,7-14H2,1-2H3,(H,21,24). The van der Waals surface area contributed by atoms with Gasteiger partial charge in [0.15, 0.2) is 0 Å². The summed E-state index contributed by atoms with van der Waals surface area (Å²) < 4.78 is 0. The minimum absolute atomic E-state index is 0.0242. The van der Waals surface area contributed by atoms with E-state index in [9.17, 15) is 9.59 Å². The van der Waals surface area contributed by atoms with E-state index in [0.717, 1.165) is 63.1 Å². The van der Waals surface area contributed by atoms with Crippen LogP contribution in [-0.2, 0) is 9.59 Å². The largest absolute Gasteiger partial charge is 0.340 e. The van der Waals surface area contributed by atoms with Crippen LogP contribution in [0.25, 0.3) is 0 Å². The van der Waals surface area contributed by atoms with Crippen molar-refractivity contribution in [1.29, 1.82) is 0 Å². The van der Waals surface area contributed by atoms with Gasteiger partial charge < -0.3 is 15.1 Å². The fraction of sp³-hybridized carbons (Fsp3) is 0.600. The van der Waals surface area contributed by atoms with Crippen molar-refractivity contribution in [2.75, 3.05) is 38.5 Å². The van der Waals surface area contributed by atoms with Gasteiger partial charge in [0.05, 0.1) is 0 Å². The summed E-state index contributed by atoms with van der Waals surface area (Å²) >= 11 is 0. The molecule has 0 bridgehead atoms. The van der Waals surface area contributed by atoms with Crippen molar-refractivity contribution < 1.29 is 9.59 Å². The molecule has 0 radical (unpaired) electrons. The maximum atomic E-state index is 12.7. The minimum Gasteiger partial charge on any atom is -0.340 e. The van der Waals surface area contributed by atoms with Crippen LogP contribution in [0.2, 0.25) is 0 Å². The van der Waals surface area contributed by atoms with Crippen molar-refractivity contribution in [3.8, 4) is 0 Å². The maximum Gasteiger partial charge on any atom is 0.227 e. The van der Waals surface area contributed by atoms with E-state index in [-0.39, 0.29) is 17.7 Å². The average molecular weight is 343 g/mol. The third-order valence-electron chi connectivity index (χ3n) is 5.67. The van der Waals surface area contributed by atoms with E-state index in [1.807, 2.05) is 36.1 Å². The molecule has 2 amide bonds. The Balaban J connectivity index is 1.49. The van der Waals surface area contributed by atoms with Gasteiger partial charge in [-0.15, -0.1) is 0 Å². The smallest absolute Gasteiger partial charge is 0.227 e. The highest BCUT2D eigenvalue weighted by atomic mass is 16.2. The number of aryl methyl sites for hydroxylation is 1. The van der Waals surface area contributed by atoms with E-state index in [2.05, 4.69) is 17.3 Å². The third kappa shape index (κ3) is 4.40. The van der Waals surface area contributed by atoms with Gasteiger partial charge in [0, 0.05) is 43.7 Å². The number of hydrogen-bond donors (Lipinski definition) is 1. The fourth-order valence-electron chi connectivity index (χ4n) is 3.84. The van der Waals surface area contributed by atoms with Crippen LogP contribution in [0.4, 0.5) is 5.69 Å². The van der Waals surface area contributed by atoms with Crippen molar-refractivity contribution in [3.05, 3.63) is 29.8 Å². The SMILES string of the molecule is Cc1ccccc1NC(=O)C1CCC(C(=O)N2CCN(C)CC2)CC1. The molecule has 1 aliphatic heterocycles. The number of nitrogens with zero attached hydrogens (tertiary/aromatic N) is 2. The topological polar surface area (TPSA) is 52.7 Å². The molecule has 2 aliphatic rings. The Hall–Kier alpha value is -1.88. The maximum absolute atomic E-state index is 12.7. The lowest BCUT2D eigenvalue weighted by atomic mass is 9.80. The highest BCUT2D eigenvalue weighted by Gasteiger charge is 2.33. The zero-order valence-electron chi connectivity index (χ0n) is 15.3. The number of benzene rings is 1. The molecule has 3 rings (SSSR count). The Labute approximate surface area is 150 Å². The molecule has 0 unspecified atom stereocenters. The van der Waals surface area contributed by atoms with Crippen LogP contribution in [-0.4, -0.2) is 54.8 Å². The predicted octanol–water partition coefficient (Wildman–Crippen LogP) is 2.51. The molecule has 0 atom stereocenters. The van der Waals surface area contributed by atoms with Crippen molar-refractivity contribution in [2.24, 2.45) is 11.8 Å². The van der Waals surface area contributed by atoms with Crippen molar-refractivity contribution in [1.82, 2.24) is 9.80 Å². The average Bonchev–Trinajstić information content (AvgIpc) is 2.64. The molecule has 136 valence electrons. The van der Waals surface area contributed by atoms with Gasteiger partial charge in [0.25, 0.3) is 0 Å². The van der Waals surface area contributed by atoms with E-state index in [1.165, 1.54) is 0 Å². The summed E-state index contributed by atoms with van der Waals surface area (Å²) in [6.45, 7) is 5.59. The lowest BCUT2D eigenvalue weighted by Gasteiger charge is -2.36. The van der Waals surface area contributed by atoms with E-state index in [1.54, 1.807) is 0 Å². The van der Waals surface area contributed by atoms with E-state index in [4.69, 9.17) is 0 Å². The molecule has 2 fully saturated rings. The van der Waals surface area contributed by atoms with E-state index < -0.39 is 0 Å². The highest BCUT2D eigenvalue weighted by molar-refractivity contribution is 5.93. The first-order valence-corrected chi connectivity index (χ1v) is 9.38. The summed E-state index contributed by atoms with van der Waals surface area (Å²) in [7, 11) is 2.10. The van der Waals surface area contributed by atoms with Gasteiger partial charge in [-0.2, -0.15) is 0 Å². The van der Waals surface area contributed by atoms with Gasteiger partial charge in [-0.3, -0.25) is 9.59 Å². The molecule has 1 aromatic rings. The van der Waals surface area contributed by atoms with Gasteiger partial charge >= 0.3 is 0 Å². The molecule has 1 aromatic carbocycles. The van der Waals surface area contributed by atoms with E-state index >= 15 is 0 Å². The summed E-state index contributed by atoms with van der Waals surface area (Å²) in [5.74, 6) is 0.521. The Bertz CT molecular complexity index is 615. The van der Waals surface area contributed by atoms with Crippen molar-refractivity contribution in [3.63, 3.8) is 0 Å². The Morgan fingerprint density at radius 3 is 2.20 bits per heavy atom. The van der Waals surface area contributed by atoms with Crippen LogP contribution in [0, 0.1) is 18.8 Å². The normalized spacial score (nSPS) is 24.8. The van der Waals surface area contributed by atoms with Gasteiger partial charge in [0.1, 0.15) is 0 Å². The number of likely N-dealkylation sites (N-methyl/N-ethyl adjacent to an activating group) is 1. The molecular weight excluding hydrogens is 314 g/mol. The number of piperazine rings is 1. The number of carbonyl (C=O) groups is 2. The van der Waals surface area contributed by atoms with Gasteiger partial charge in [-0.05, 0) is 51.3 Å². The molecule has 1 saturated carbocycles. The summed E-state index contributed by atoms with van der Waals surface area (Å²) in [6, 6.07) is 7.85. The predicted molar refractivity (Wildman–Crippen MR) is 99.3 cm³/mol. The van der Waals surface area contributed by atoms with E-state index in [0.29, 0.717) is 5.91 Å². The van der Waals surface area contributed by atoms with Crippen LogP contribution < -0.4 is 5.32 Å². The lowest BCUT2D eigenvalue weighted by molar-refractivity contribution is -0.139. The lowest BCUT2D eigenvalue weighted by Crippen LogP contribution is -2.49. The zero-order chi connectivity index (χ0) is 17.8. The quantitative estimate of drug-likeness (QED) is 0.917. The molecule has 1 N–H and O–H groups in total. The number of rotatable bonds is 3. The number of para-hydroxylation sites is 1. The van der Waals surface area contributed by atoms with Crippen LogP contribution in [0.15, 0.2) is 24.3 Å². The van der Waals surface area contributed by atoms with Gasteiger partial charge in [-0.1, -0.05) is 18.2 Å². The second-order valence-electron chi connectivity index (χ2n) is 7.48. The van der Waals surface area contributed by atoms with Crippen molar-refractivity contribution >= 4 is 17.5 Å². The number of hydrogen-bond acceptors (Lipinski definition) is 3. The zero-order valence-corrected chi connectivity index (χ0v) is 15.3. The van der Waals surface area contributed by atoms with Crippen LogP contribution in [0.3, 0.4) is 0 Å². The summed E-state index contributed by atoms with van der Waals surface area (Å²) in [6.07, 6.45) is 3.28. The third-order valence-corrected chi connectivity index (χ3v) is 5.67. The Kier molecular flexibility index (Phi) is 5.74. The molecule has 1 aliphatic carbocycles. The molecule has 1 heterocycles. The van der Waals surface area contributed by atoms with Crippen molar-refractivity contribution in [2.45, 2.75) is 32.6 Å². The minimum atomic E-state index is 0.0242. The molecule has 0 spiro atoms. The summed E-state index contributed by atoms with van der Waals surface area (Å²) in [5, 5.41) is 3.05. The summed E-state index contributed by atoms with van der Waals surface area (Å²) in [5.41, 5.74) is 1.97. The van der Waals surface area contributed by atoms with Crippen LogP contribution in [0.5, 0.6) is 0 Å². The second kappa shape index (κ2) is 8.00. The van der Waals surface area contributed by atoms with Gasteiger partial charge in [0.2, 0.25) is 11.8 Å². The molecular formula is C20H29N3O2. The number of anilines is 1. The Morgan fingerprint density at radius 1 is 0.960 bits per heavy atom. The first kappa shape index (κ1) is 17.9. The second-order valence-corrected chi connectivity index (χ2v) is 7.48. The molecule has 25 heavy (non-hydrogen) atoms. The number of carbonyl (C=O) groups excluding carboxylic acids is 2. The van der Waals surface area contributed by atoms with Crippen LogP contribution in [0.1, 0.15) is 31.2 Å². The molecule has 1 saturated heterocycles. The van der Waals surface area contributed by atoms with Gasteiger partial charge in [-0.25, -0.2) is 0 Å². The Morgan fingerprint density at radius 2 is 1.56 bits per heavy atom. The molecule has 5 nitrogen and oxygen atoms in total.